The van der Waals surface area contributed by atoms with Gasteiger partial charge in [0.25, 0.3) is 0 Å². The van der Waals surface area contributed by atoms with Gasteiger partial charge in [0.2, 0.25) is 5.91 Å². The molecule has 4 N–H and O–H groups in total. The molecule has 94 valence electrons. The number of rotatable bonds is 6. The Balaban J connectivity index is 2.73. The average Bonchev–Trinajstić information content (AvgIpc) is 2.35. The maximum atomic E-state index is 10.9. The molecule has 1 amide bonds. The largest absolute Gasteiger partial charge is 0.497 e. The molecule has 1 aromatic rings. The van der Waals surface area contributed by atoms with Crippen LogP contribution in [0.2, 0.25) is 0 Å². The van der Waals surface area contributed by atoms with Crippen molar-refractivity contribution in [1.29, 1.82) is 0 Å². The maximum absolute atomic E-state index is 10.9. The summed E-state index contributed by atoms with van der Waals surface area (Å²) in [5.74, 6) is 0.665. The molecule has 0 radical (unpaired) electrons. The Morgan fingerprint density at radius 2 is 2.18 bits per heavy atom. The summed E-state index contributed by atoms with van der Waals surface area (Å²) in [5.41, 5.74) is 11.6. The number of hydrogen-bond donors (Lipinski definition) is 2. The number of primary amides is 1. The van der Waals surface area contributed by atoms with Gasteiger partial charge in [0.1, 0.15) is 11.5 Å². The van der Waals surface area contributed by atoms with Crippen molar-refractivity contribution in [1.82, 2.24) is 0 Å². The van der Waals surface area contributed by atoms with Crippen LogP contribution in [0.5, 0.6) is 11.5 Å². The Labute approximate surface area is 101 Å². The molecule has 0 fully saturated rings. The van der Waals surface area contributed by atoms with Crippen molar-refractivity contribution < 1.29 is 14.3 Å². The van der Waals surface area contributed by atoms with Crippen molar-refractivity contribution in [3.63, 3.8) is 0 Å². The molecular weight excluding hydrogens is 220 g/mol. The van der Waals surface area contributed by atoms with Crippen LogP contribution in [-0.2, 0) is 11.3 Å². The van der Waals surface area contributed by atoms with Gasteiger partial charge < -0.3 is 20.9 Å². The first-order valence-electron chi connectivity index (χ1n) is 5.37. The van der Waals surface area contributed by atoms with Gasteiger partial charge in [-0.15, -0.1) is 0 Å². The molecule has 0 spiro atoms. The number of carbonyl (C=O) groups excluding carboxylic acids is 1. The van der Waals surface area contributed by atoms with E-state index in [1.807, 2.05) is 6.07 Å². The predicted octanol–water partition coefficient (Wildman–Crippen LogP) is 0.654. The Morgan fingerprint density at radius 3 is 2.71 bits per heavy atom. The average molecular weight is 238 g/mol. The van der Waals surface area contributed by atoms with Gasteiger partial charge in [0.15, 0.2) is 0 Å². The Bertz CT molecular complexity index is 393. The van der Waals surface area contributed by atoms with Crippen molar-refractivity contribution in [3.05, 3.63) is 23.8 Å². The van der Waals surface area contributed by atoms with Crippen LogP contribution in [0.1, 0.15) is 12.5 Å². The minimum Gasteiger partial charge on any atom is -0.497 e. The number of ether oxygens (including phenoxy) is 2. The molecule has 17 heavy (non-hydrogen) atoms. The summed E-state index contributed by atoms with van der Waals surface area (Å²) in [7, 11) is 1.59. The molecule has 5 nitrogen and oxygen atoms in total. The lowest BCUT2D eigenvalue weighted by atomic mass is 10.1. The fraction of sp³-hybridized carbons (Fsp3) is 0.417. The highest BCUT2D eigenvalue weighted by molar-refractivity contribution is 5.76. The van der Waals surface area contributed by atoms with E-state index in [0.717, 1.165) is 11.3 Å². The van der Waals surface area contributed by atoms with E-state index in [9.17, 15) is 4.79 Å². The SMILES string of the molecule is COc1ccc(OCC(C)C(N)=O)c(CN)c1. The standard InChI is InChI=1S/C12H18N2O3/c1-8(12(14)15)7-17-11-4-3-10(16-2)5-9(11)6-13/h3-5,8H,6-7,13H2,1-2H3,(H2,14,15). The van der Waals surface area contributed by atoms with Crippen LogP contribution in [-0.4, -0.2) is 19.6 Å². The van der Waals surface area contributed by atoms with Crippen LogP contribution in [0, 0.1) is 5.92 Å². The number of benzene rings is 1. The fourth-order valence-electron chi connectivity index (χ4n) is 1.28. The van der Waals surface area contributed by atoms with Crippen LogP contribution < -0.4 is 20.9 Å². The number of nitrogens with two attached hydrogens (primary N) is 2. The molecule has 0 aliphatic heterocycles. The van der Waals surface area contributed by atoms with Crippen LogP contribution in [0.3, 0.4) is 0 Å². The van der Waals surface area contributed by atoms with Gasteiger partial charge >= 0.3 is 0 Å². The van der Waals surface area contributed by atoms with Crippen LogP contribution in [0.25, 0.3) is 0 Å². The van der Waals surface area contributed by atoms with Crippen molar-refractivity contribution >= 4 is 5.91 Å². The number of amides is 1. The lowest BCUT2D eigenvalue weighted by Gasteiger charge is -2.13. The lowest BCUT2D eigenvalue weighted by Crippen LogP contribution is -2.26. The highest BCUT2D eigenvalue weighted by atomic mass is 16.5. The summed E-state index contributed by atoms with van der Waals surface area (Å²) in [6.07, 6.45) is 0. The van der Waals surface area contributed by atoms with Crippen molar-refractivity contribution in [2.45, 2.75) is 13.5 Å². The van der Waals surface area contributed by atoms with Gasteiger partial charge in [-0.2, -0.15) is 0 Å². The summed E-state index contributed by atoms with van der Waals surface area (Å²) in [4.78, 5) is 10.9. The Hall–Kier alpha value is -1.75. The summed E-state index contributed by atoms with van der Waals surface area (Å²) in [6.45, 7) is 2.31. The van der Waals surface area contributed by atoms with Gasteiger partial charge in [0, 0.05) is 12.1 Å². The topological polar surface area (TPSA) is 87.6 Å². The zero-order valence-electron chi connectivity index (χ0n) is 10.1. The van der Waals surface area contributed by atoms with E-state index in [2.05, 4.69) is 0 Å². The number of carbonyl (C=O) groups is 1. The van der Waals surface area contributed by atoms with Crippen LogP contribution >= 0.6 is 0 Å². The third-order valence-electron chi connectivity index (χ3n) is 2.46. The summed E-state index contributed by atoms with van der Waals surface area (Å²) >= 11 is 0. The zero-order chi connectivity index (χ0) is 12.8. The second-order valence-electron chi connectivity index (χ2n) is 3.79. The van der Waals surface area contributed by atoms with E-state index in [-0.39, 0.29) is 18.4 Å². The molecule has 1 unspecified atom stereocenters. The maximum Gasteiger partial charge on any atom is 0.223 e. The normalized spacial score (nSPS) is 11.9. The molecule has 1 atom stereocenters. The quantitative estimate of drug-likeness (QED) is 0.761. The predicted molar refractivity (Wildman–Crippen MR) is 64.7 cm³/mol. The Kier molecular flexibility index (Phi) is 4.78. The van der Waals surface area contributed by atoms with E-state index in [0.29, 0.717) is 12.3 Å². The van der Waals surface area contributed by atoms with E-state index in [1.165, 1.54) is 0 Å². The smallest absolute Gasteiger partial charge is 0.223 e. The molecule has 0 aliphatic rings. The molecule has 0 heterocycles. The first kappa shape index (κ1) is 13.3. The van der Waals surface area contributed by atoms with Crippen molar-refractivity contribution in [2.24, 2.45) is 17.4 Å². The second kappa shape index (κ2) is 6.10. The minimum atomic E-state index is -0.382. The molecule has 0 saturated carbocycles. The van der Waals surface area contributed by atoms with Crippen molar-refractivity contribution in [3.8, 4) is 11.5 Å². The molecule has 0 bridgehead atoms. The monoisotopic (exact) mass is 238 g/mol. The van der Waals surface area contributed by atoms with E-state index in [1.54, 1.807) is 26.2 Å². The number of hydrogen-bond acceptors (Lipinski definition) is 4. The summed E-state index contributed by atoms with van der Waals surface area (Å²) < 4.78 is 10.6. The molecule has 0 aliphatic carbocycles. The highest BCUT2D eigenvalue weighted by Crippen LogP contribution is 2.24. The molecular formula is C12H18N2O3. The summed E-state index contributed by atoms with van der Waals surface area (Å²) in [5, 5.41) is 0. The van der Waals surface area contributed by atoms with Gasteiger partial charge in [-0.25, -0.2) is 0 Å². The third-order valence-corrected chi connectivity index (χ3v) is 2.46. The fourth-order valence-corrected chi connectivity index (χ4v) is 1.28. The first-order valence-corrected chi connectivity index (χ1v) is 5.37. The molecule has 0 aromatic heterocycles. The van der Waals surface area contributed by atoms with E-state index < -0.39 is 0 Å². The molecule has 1 rings (SSSR count). The summed E-state index contributed by atoms with van der Waals surface area (Å²) in [6, 6.07) is 5.36. The van der Waals surface area contributed by atoms with Gasteiger partial charge in [-0.3, -0.25) is 4.79 Å². The minimum absolute atomic E-state index is 0.245. The lowest BCUT2D eigenvalue weighted by molar-refractivity contribution is -0.122. The van der Waals surface area contributed by atoms with E-state index in [4.69, 9.17) is 20.9 Å². The van der Waals surface area contributed by atoms with Gasteiger partial charge in [-0.1, -0.05) is 6.92 Å². The van der Waals surface area contributed by atoms with E-state index >= 15 is 0 Å². The Morgan fingerprint density at radius 1 is 1.47 bits per heavy atom. The first-order chi connectivity index (χ1) is 8.08. The van der Waals surface area contributed by atoms with Crippen LogP contribution in [0.15, 0.2) is 18.2 Å². The zero-order valence-corrected chi connectivity index (χ0v) is 10.1. The number of methoxy groups -OCH3 is 1. The molecule has 0 saturated heterocycles. The molecule has 1 aromatic carbocycles. The van der Waals surface area contributed by atoms with Gasteiger partial charge in [-0.05, 0) is 18.2 Å². The second-order valence-corrected chi connectivity index (χ2v) is 3.79. The molecule has 5 heteroatoms. The van der Waals surface area contributed by atoms with Gasteiger partial charge in [0.05, 0.1) is 19.6 Å². The third kappa shape index (κ3) is 3.64. The van der Waals surface area contributed by atoms with Crippen molar-refractivity contribution in [2.75, 3.05) is 13.7 Å². The van der Waals surface area contributed by atoms with Crippen LogP contribution in [0.4, 0.5) is 0 Å². The highest BCUT2D eigenvalue weighted by Gasteiger charge is 2.11.